The number of benzene rings is 10. The first kappa shape index (κ1) is 96.2. The van der Waals surface area contributed by atoms with Crippen molar-refractivity contribution in [2.24, 2.45) is 0 Å². The molecule has 5 saturated heterocycles. The van der Waals surface area contributed by atoms with Crippen LogP contribution in [0, 0.1) is 0 Å². The first-order chi connectivity index (χ1) is 59.2. The van der Waals surface area contributed by atoms with E-state index in [4.69, 9.17) is 5.11 Å². The summed E-state index contributed by atoms with van der Waals surface area (Å²) in [6.07, 6.45) is 8.64. The number of carboxylic acid groups (broad SMARTS) is 1. The predicted molar refractivity (Wildman–Crippen MR) is 499 cm³/mol. The van der Waals surface area contributed by atoms with Crippen LogP contribution >= 0.6 is 0 Å². The summed E-state index contributed by atoms with van der Waals surface area (Å²) in [5.74, 6) is -0.0296. The average Bonchev–Trinajstić information content (AvgIpc) is 0.776. The number of carbonyl (C=O) groups is 4. The maximum atomic E-state index is 12.1. The van der Waals surface area contributed by atoms with Gasteiger partial charge in [0.1, 0.15) is 6.10 Å². The van der Waals surface area contributed by atoms with Crippen LogP contribution < -0.4 is 45.5 Å². The summed E-state index contributed by atoms with van der Waals surface area (Å²) < 4.78 is 0. The molecule has 3 radical (unpaired) electrons. The number of aliphatic hydroxyl groups excluding tert-OH is 1. The minimum atomic E-state index is -0.745. The van der Waals surface area contributed by atoms with E-state index in [-0.39, 0.29) is 63.4 Å². The number of rotatable bonds is 7. The number of hydrogen-bond acceptors (Lipinski definition) is 13. The van der Waals surface area contributed by atoms with Gasteiger partial charge in [0.2, 0.25) is 11.8 Å². The van der Waals surface area contributed by atoms with Gasteiger partial charge in [-0.05, 0) is 146 Å². The van der Waals surface area contributed by atoms with Crippen molar-refractivity contribution in [1.29, 1.82) is 0 Å². The SMILES string of the molecule is CCC(=O)N1CCN(C2c3ccccc3Cc3ccccc32)CC1.CCC(=O)N1CCNCC1.CCC(=O)O.CCCC.CN1CCN(C2c3ccccc3Cc3ccccc32)CC1.CN1CCNCC1.O=C1c2ccccc2Cc2ccccc21.OC1c2ccccc2Cc2ccccc21.[B].[H-].[Na+].c1ccc2c(c1)Cc1ccccc1C2N1CCNCC1. The zero-order chi connectivity index (χ0) is 84.8. The minimum Gasteiger partial charge on any atom is -1.00 e. The standard InChI is InChI=1S/C21H24N2O.C19H22N2.C18H20N2.C14H12O.C14H10O.C7H14N2O.C5H12N2.C4H10.C3H6O2.B.Na.H/c1-2-20(24)22-11-13-23(14-12-22)21-18-9-5-3-7-16(18)15-17-8-4-6-10-19(17)21;1-20-10-12-21(13-11-20)19-17-8-4-2-6-15(17)14-16-7-3-5-9-18(16)19;1-3-7-16-14(5-1)13-15-6-2-4-8-17(15)18(16)20-11-9-19-10-12-20;2*15-14-12-7-3-1-5-10(12)9-11-6-2-4-8-13(11)14;1-2-7(10)9-5-3-8-4-6-9;1-7-4-2-6-3-5-7;1-3-4-2;1-2-3(4)5;;;/h3-10,21H,2,11-15H2,1H3;2-9,19H,10-14H2,1H3;1-8,18-19H,9-13H2;1-8,14-15H,9H2;1-8H,9H2;8H,2-6H2,1H3;6H,2-5H2,1H3;3-4H2,1-2H3;2H2,1H3,(H,4,5);;;/q;;;;;;;;;;+1;-1. The number of nitrogens with one attached hydrogen (secondary N) is 3. The van der Waals surface area contributed by atoms with Crippen LogP contribution in [-0.2, 0) is 46.5 Å². The fraction of sp³-hybridized carbons (Fsp3) is 0.390. The van der Waals surface area contributed by atoms with Crippen molar-refractivity contribution in [2.45, 2.75) is 123 Å². The van der Waals surface area contributed by atoms with Gasteiger partial charge in [-0.3, -0.25) is 33.9 Å². The Labute approximate surface area is 759 Å². The summed E-state index contributed by atoms with van der Waals surface area (Å²) in [6, 6.07) is 86.7. The zero-order valence-electron chi connectivity index (χ0n) is 75.4. The first-order valence-electron chi connectivity index (χ1n) is 44.7. The van der Waals surface area contributed by atoms with Crippen LogP contribution in [0.3, 0.4) is 0 Å². The maximum absolute atomic E-state index is 12.1. The van der Waals surface area contributed by atoms with E-state index >= 15 is 0 Å². The Morgan fingerprint density at radius 2 is 0.545 bits per heavy atom. The van der Waals surface area contributed by atoms with Gasteiger partial charge in [-0.1, -0.05) is 290 Å². The van der Waals surface area contributed by atoms with Gasteiger partial charge in [-0.25, -0.2) is 0 Å². The molecule has 0 spiro atoms. The second-order valence-electron chi connectivity index (χ2n) is 32.9. The number of carboxylic acids is 1. The Morgan fingerprint density at radius 1 is 0.317 bits per heavy atom. The molecule has 10 aromatic rings. The van der Waals surface area contributed by atoms with Gasteiger partial charge < -0.3 is 47.2 Å². The number of unbranched alkanes of at least 4 members (excludes halogenated alkanes) is 1. The molecule has 0 unspecified atom stereocenters. The van der Waals surface area contributed by atoms with E-state index in [1.54, 1.807) is 6.92 Å². The third kappa shape index (κ3) is 25.9. The van der Waals surface area contributed by atoms with Crippen LogP contribution in [0.1, 0.15) is 208 Å². The van der Waals surface area contributed by atoms with Crippen LogP contribution in [0.25, 0.3) is 0 Å². The van der Waals surface area contributed by atoms with Gasteiger partial charge in [0, 0.05) is 170 Å². The summed E-state index contributed by atoms with van der Waals surface area (Å²) in [7, 11) is 4.38. The molecule has 20 rings (SSSR count). The van der Waals surface area contributed by atoms with E-state index in [2.05, 4.69) is 226 Å². The molecule has 5 heterocycles. The minimum absolute atomic E-state index is 0. The number of likely N-dealkylation sites (N-methyl/N-ethyl adjacent to an activating group) is 2. The Hall–Kier alpha value is -9.02. The second-order valence-corrected chi connectivity index (χ2v) is 32.9. The molecule has 5 fully saturated rings. The van der Waals surface area contributed by atoms with Crippen LogP contribution in [0.5, 0.6) is 0 Å². The van der Waals surface area contributed by atoms with E-state index in [0.29, 0.717) is 31.0 Å². The number of piperazine rings is 5. The summed E-state index contributed by atoms with van der Waals surface area (Å²) in [6.45, 7) is 30.9. The molecule has 0 aromatic heterocycles. The molecule has 5 aliphatic carbocycles. The number of fused-ring (bicyclic) bond motifs is 10. The van der Waals surface area contributed by atoms with Crippen LogP contribution in [0.4, 0.5) is 0 Å². The Balaban J connectivity index is 0.000000164. The quantitative estimate of drug-likeness (QED) is 0.0956. The molecule has 5 N–H and O–H groups in total. The number of ketones is 1. The van der Waals surface area contributed by atoms with Crippen molar-refractivity contribution >= 4 is 32.0 Å². The summed E-state index contributed by atoms with van der Waals surface area (Å²) >= 11 is 0. The summed E-state index contributed by atoms with van der Waals surface area (Å²) in [5, 5.41) is 27.9. The molecule has 10 aromatic carbocycles. The number of aliphatic carboxylic acids is 1. The van der Waals surface area contributed by atoms with Crippen molar-refractivity contribution in [2.75, 3.05) is 145 Å². The van der Waals surface area contributed by atoms with Gasteiger partial charge in [-0.15, -0.1) is 0 Å². The normalized spacial score (nSPS) is 17.0. The Kier molecular flexibility index (Phi) is 38.8. The molecule has 0 bridgehead atoms. The molecule has 2 amide bonds. The number of aliphatic hydroxyl groups is 1. The molecule has 0 saturated carbocycles. The van der Waals surface area contributed by atoms with Crippen molar-refractivity contribution in [3.05, 3.63) is 354 Å². The van der Waals surface area contributed by atoms with Crippen molar-refractivity contribution in [3.63, 3.8) is 0 Å². The van der Waals surface area contributed by atoms with Crippen LogP contribution in [0.2, 0.25) is 0 Å². The van der Waals surface area contributed by atoms with E-state index in [9.17, 15) is 24.3 Å². The van der Waals surface area contributed by atoms with Crippen molar-refractivity contribution in [1.82, 2.24) is 50.2 Å². The molecule has 123 heavy (non-hydrogen) atoms. The van der Waals surface area contributed by atoms with Crippen molar-refractivity contribution in [3.8, 4) is 0 Å². The molecule has 10 aliphatic rings. The second kappa shape index (κ2) is 49.6. The molecule has 18 heteroatoms. The van der Waals surface area contributed by atoms with E-state index in [0.717, 1.165) is 170 Å². The van der Waals surface area contributed by atoms with Gasteiger partial charge in [0.05, 0.1) is 18.1 Å². The summed E-state index contributed by atoms with van der Waals surface area (Å²) in [5.41, 5.74) is 26.4. The largest absolute Gasteiger partial charge is 1.00 e. The number of hydrogen-bond donors (Lipinski definition) is 5. The molecule has 0 atom stereocenters. The smallest absolute Gasteiger partial charge is 1.00 e. The van der Waals surface area contributed by atoms with Crippen LogP contribution in [-0.4, -0.2) is 221 Å². The van der Waals surface area contributed by atoms with Gasteiger partial charge in [0.25, 0.3) is 0 Å². The molecule has 641 valence electrons. The van der Waals surface area contributed by atoms with Gasteiger partial charge in [0.15, 0.2) is 5.78 Å². The number of nitrogens with zero attached hydrogens (tertiary/aromatic N) is 7. The van der Waals surface area contributed by atoms with E-state index < -0.39 is 12.1 Å². The van der Waals surface area contributed by atoms with Crippen LogP contribution in [0.15, 0.2) is 243 Å². The summed E-state index contributed by atoms with van der Waals surface area (Å²) in [4.78, 5) is 61.0. The van der Waals surface area contributed by atoms with Gasteiger partial charge in [-0.2, -0.15) is 0 Å². The zero-order valence-corrected chi connectivity index (χ0v) is 76.4. The molecular formula is C105H131BN10NaO6. The molecular weight excluding hydrogens is 1530 g/mol. The topological polar surface area (TPSA) is 168 Å². The Bertz CT molecular complexity index is 4750. The Morgan fingerprint density at radius 3 is 0.829 bits per heavy atom. The number of amides is 2. The third-order valence-electron chi connectivity index (χ3n) is 24.9. The third-order valence-corrected chi connectivity index (χ3v) is 24.9. The van der Waals surface area contributed by atoms with Gasteiger partial charge >= 0.3 is 35.5 Å². The first-order valence-corrected chi connectivity index (χ1v) is 44.7. The molecule has 5 aliphatic heterocycles. The molecule has 16 nitrogen and oxygen atoms in total. The maximum Gasteiger partial charge on any atom is 1.00 e. The average molecular weight is 1660 g/mol. The fourth-order valence-corrected chi connectivity index (χ4v) is 17.9. The number of carbonyl (C=O) groups excluding carboxylic acids is 3. The monoisotopic (exact) mass is 1660 g/mol. The fourth-order valence-electron chi connectivity index (χ4n) is 17.9. The predicted octanol–water partition coefficient (Wildman–Crippen LogP) is 12.6. The van der Waals surface area contributed by atoms with Crippen molar-refractivity contribution < 1.29 is 60.4 Å². The van der Waals surface area contributed by atoms with E-state index in [1.165, 1.54) is 117 Å². The van der Waals surface area contributed by atoms with E-state index in [1.807, 2.05) is 109 Å².